The molecule has 0 heterocycles. The molecule has 0 atom stereocenters. The van der Waals surface area contributed by atoms with E-state index in [1.54, 1.807) is 24.3 Å². The van der Waals surface area contributed by atoms with Crippen molar-refractivity contribution in [3.05, 3.63) is 70.8 Å². The summed E-state index contributed by atoms with van der Waals surface area (Å²) >= 11 is 0. The Kier molecular flexibility index (Phi) is 4.88. The standard InChI is InChI=1S/C17H14F2O3/c1-11(17(20)21)9-13-7-8-14(18)16(15(13)19)22-10-12-5-3-2-4-6-12/h2-9H,10H2,1H3,(H,20,21). The third-order valence-corrected chi connectivity index (χ3v) is 3.01. The number of ether oxygens (including phenoxy) is 1. The summed E-state index contributed by atoms with van der Waals surface area (Å²) in [6.45, 7) is 1.34. The molecule has 0 spiro atoms. The van der Waals surface area contributed by atoms with Crippen LogP contribution in [-0.2, 0) is 11.4 Å². The van der Waals surface area contributed by atoms with E-state index in [1.807, 2.05) is 6.07 Å². The molecule has 0 fully saturated rings. The van der Waals surface area contributed by atoms with E-state index in [0.29, 0.717) is 0 Å². The number of aliphatic carboxylic acids is 1. The monoisotopic (exact) mass is 304 g/mol. The molecule has 2 aromatic carbocycles. The molecule has 0 saturated heterocycles. The quantitative estimate of drug-likeness (QED) is 0.848. The molecule has 3 nitrogen and oxygen atoms in total. The van der Waals surface area contributed by atoms with Crippen LogP contribution >= 0.6 is 0 Å². The maximum Gasteiger partial charge on any atom is 0.331 e. The number of hydrogen-bond donors (Lipinski definition) is 1. The van der Waals surface area contributed by atoms with Gasteiger partial charge in [-0.1, -0.05) is 30.3 Å². The Morgan fingerprint density at radius 1 is 1.18 bits per heavy atom. The van der Waals surface area contributed by atoms with Crippen LogP contribution in [-0.4, -0.2) is 11.1 Å². The molecule has 0 saturated carbocycles. The molecule has 2 aromatic rings. The highest BCUT2D eigenvalue weighted by Gasteiger charge is 2.15. The fourth-order valence-electron chi connectivity index (χ4n) is 1.82. The molecular formula is C17H14F2O3. The van der Waals surface area contributed by atoms with Gasteiger partial charge in [-0.05, 0) is 30.7 Å². The Morgan fingerprint density at radius 2 is 1.86 bits per heavy atom. The van der Waals surface area contributed by atoms with Crippen LogP contribution in [0.25, 0.3) is 6.08 Å². The van der Waals surface area contributed by atoms with Gasteiger partial charge < -0.3 is 9.84 Å². The van der Waals surface area contributed by atoms with Gasteiger partial charge in [0.15, 0.2) is 17.4 Å². The lowest BCUT2D eigenvalue weighted by Crippen LogP contribution is -2.02. The summed E-state index contributed by atoms with van der Waals surface area (Å²) in [6, 6.07) is 11.2. The van der Waals surface area contributed by atoms with Crippen molar-refractivity contribution in [2.24, 2.45) is 0 Å². The Bertz CT molecular complexity index is 709. The van der Waals surface area contributed by atoms with E-state index >= 15 is 0 Å². The zero-order valence-electron chi connectivity index (χ0n) is 11.8. The highest BCUT2D eigenvalue weighted by molar-refractivity contribution is 5.91. The number of carbonyl (C=O) groups is 1. The fraction of sp³-hybridized carbons (Fsp3) is 0.118. The van der Waals surface area contributed by atoms with Crippen molar-refractivity contribution in [2.45, 2.75) is 13.5 Å². The second-order valence-corrected chi connectivity index (χ2v) is 4.69. The minimum absolute atomic E-state index is 0.0137. The summed E-state index contributed by atoms with van der Waals surface area (Å²) in [7, 11) is 0. The number of hydrogen-bond acceptors (Lipinski definition) is 2. The minimum atomic E-state index is -1.17. The van der Waals surface area contributed by atoms with E-state index in [-0.39, 0.29) is 17.7 Å². The van der Waals surface area contributed by atoms with Gasteiger partial charge in [-0.15, -0.1) is 0 Å². The first-order chi connectivity index (χ1) is 10.5. The van der Waals surface area contributed by atoms with Gasteiger partial charge in [0, 0.05) is 11.1 Å². The van der Waals surface area contributed by atoms with Crippen molar-refractivity contribution in [1.82, 2.24) is 0 Å². The molecule has 0 aromatic heterocycles. The predicted octanol–water partition coefficient (Wildman–Crippen LogP) is 4.03. The van der Waals surface area contributed by atoms with E-state index in [4.69, 9.17) is 9.84 Å². The molecule has 0 radical (unpaired) electrons. The molecule has 0 amide bonds. The zero-order valence-corrected chi connectivity index (χ0v) is 11.8. The highest BCUT2D eigenvalue weighted by Crippen LogP contribution is 2.27. The van der Waals surface area contributed by atoms with Crippen LogP contribution in [0.3, 0.4) is 0 Å². The normalized spacial score (nSPS) is 11.3. The average Bonchev–Trinajstić information content (AvgIpc) is 2.50. The Balaban J connectivity index is 2.28. The predicted molar refractivity (Wildman–Crippen MR) is 78.4 cm³/mol. The van der Waals surface area contributed by atoms with Gasteiger partial charge in [0.25, 0.3) is 0 Å². The summed E-state index contributed by atoms with van der Waals surface area (Å²) in [5.41, 5.74) is 0.674. The first-order valence-electron chi connectivity index (χ1n) is 6.55. The summed E-state index contributed by atoms with van der Waals surface area (Å²) in [6.07, 6.45) is 1.13. The van der Waals surface area contributed by atoms with Gasteiger partial charge in [0.2, 0.25) is 0 Å². The van der Waals surface area contributed by atoms with Gasteiger partial charge in [-0.3, -0.25) is 0 Å². The molecule has 0 unspecified atom stereocenters. The van der Waals surface area contributed by atoms with E-state index in [1.165, 1.54) is 13.0 Å². The maximum atomic E-state index is 14.3. The first kappa shape index (κ1) is 15.7. The molecule has 5 heteroatoms. The van der Waals surface area contributed by atoms with Gasteiger partial charge in [0.1, 0.15) is 6.61 Å². The minimum Gasteiger partial charge on any atom is -0.483 e. The van der Waals surface area contributed by atoms with Gasteiger partial charge in [-0.25, -0.2) is 13.6 Å². The second-order valence-electron chi connectivity index (χ2n) is 4.69. The van der Waals surface area contributed by atoms with Gasteiger partial charge >= 0.3 is 5.97 Å². The van der Waals surface area contributed by atoms with Crippen molar-refractivity contribution < 1.29 is 23.4 Å². The number of rotatable bonds is 5. The van der Waals surface area contributed by atoms with Crippen LogP contribution in [0.15, 0.2) is 48.0 Å². The Morgan fingerprint density at radius 3 is 2.50 bits per heavy atom. The molecule has 2 rings (SSSR count). The van der Waals surface area contributed by atoms with Crippen LogP contribution in [0, 0.1) is 11.6 Å². The molecular weight excluding hydrogens is 290 g/mol. The number of benzene rings is 2. The number of carboxylic acid groups (broad SMARTS) is 1. The second kappa shape index (κ2) is 6.85. The van der Waals surface area contributed by atoms with Crippen molar-refractivity contribution in [1.29, 1.82) is 0 Å². The average molecular weight is 304 g/mol. The topological polar surface area (TPSA) is 46.5 Å². The number of carboxylic acids is 1. The molecule has 114 valence electrons. The lowest BCUT2D eigenvalue weighted by molar-refractivity contribution is -0.132. The van der Waals surface area contributed by atoms with E-state index < -0.39 is 23.4 Å². The third kappa shape index (κ3) is 3.69. The van der Waals surface area contributed by atoms with E-state index in [0.717, 1.165) is 17.7 Å². The zero-order chi connectivity index (χ0) is 16.1. The van der Waals surface area contributed by atoms with Crippen LogP contribution in [0.5, 0.6) is 5.75 Å². The van der Waals surface area contributed by atoms with Crippen molar-refractivity contribution in [3.8, 4) is 5.75 Å². The van der Waals surface area contributed by atoms with Crippen molar-refractivity contribution in [3.63, 3.8) is 0 Å². The fourth-order valence-corrected chi connectivity index (χ4v) is 1.82. The molecule has 22 heavy (non-hydrogen) atoms. The van der Waals surface area contributed by atoms with Crippen LogP contribution in [0.2, 0.25) is 0 Å². The third-order valence-electron chi connectivity index (χ3n) is 3.01. The van der Waals surface area contributed by atoms with Crippen LogP contribution < -0.4 is 4.74 Å². The highest BCUT2D eigenvalue weighted by atomic mass is 19.1. The molecule has 0 bridgehead atoms. The first-order valence-corrected chi connectivity index (χ1v) is 6.55. The van der Waals surface area contributed by atoms with Crippen LogP contribution in [0.4, 0.5) is 8.78 Å². The van der Waals surface area contributed by atoms with Gasteiger partial charge in [-0.2, -0.15) is 0 Å². The van der Waals surface area contributed by atoms with E-state index in [9.17, 15) is 13.6 Å². The Hall–Kier alpha value is -2.69. The summed E-state index contributed by atoms with van der Waals surface area (Å²) in [5.74, 6) is -3.44. The SMILES string of the molecule is CC(=Cc1ccc(F)c(OCc2ccccc2)c1F)C(=O)O. The smallest absolute Gasteiger partial charge is 0.331 e. The van der Waals surface area contributed by atoms with Crippen LogP contribution in [0.1, 0.15) is 18.1 Å². The van der Waals surface area contributed by atoms with Crippen molar-refractivity contribution in [2.75, 3.05) is 0 Å². The molecule has 0 aliphatic carbocycles. The molecule has 0 aliphatic heterocycles. The number of halogens is 2. The van der Waals surface area contributed by atoms with Gasteiger partial charge in [0.05, 0.1) is 0 Å². The molecule has 1 N–H and O–H groups in total. The molecule has 0 aliphatic rings. The maximum absolute atomic E-state index is 14.3. The summed E-state index contributed by atoms with van der Waals surface area (Å²) in [4.78, 5) is 10.8. The lowest BCUT2D eigenvalue weighted by Gasteiger charge is -2.10. The largest absolute Gasteiger partial charge is 0.483 e. The van der Waals surface area contributed by atoms with Crippen molar-refractivity contribution >= 4 is 12.0 Å². The summed E-state index contributed by atoms with van der Waals surface area (Å²) in [5, 5.41) is 8.81. The lowest BCUT2D eigenvalue weighted by atomic mass is 10.1. The summed E-state index contributed by atoms with van der Waals surface area (Å²) < 4.78 is 33.2. The van der Waals surface area contributed by atoms with E-state index in [2.05, 4.69) is 0 Å². The Labute approximate surface area is 126 Å².